The van der Waals surface area contributed by atoms with Crippen LogP contribution in [0.1, 0.15) is 24.2 Å². The minimum atomic E-state index is -0.0881. The summed E-state index contributed by atoms with van der Waals surface area (Å²) < 4.78 is 5.66. The molecule has 2 aliphatic heterocycles. The molecular weight excluding hydrogens is 282 g/mol. The number of nitrogens with zero attached hydrogens (tertiary/aromatic N) is 2. The van der Waals surface area contributed by atoms with Crippen molar-refractivity contribution >= 4 is 17.6 Å². The lowest BCUT2D eigenvalue weighted by Gasteiger charge is -2.35. The molecule has 1 N–H and O–H groups in total. The molecule has 118 valence electrons. The minimum Gasteiger partial charge on any atom is -0.372 e. The fourth-order valence-corrected chi connectivity index (χ4v) is 3.03. The number of amides is 3. The van der Waals surface area contributed by atoms with E-state index in [1.165, 1.54) is 0 Å². The van der Waals surface area contributed by atoms with Gasteiger partial charge in [-0.05, 0) is 38.1 Å². The van der Waals surface area contributed by atoms with Crippen LogP contribution in [0, 0.1) is 0 Å². The SMILES string of the molecule is CC1CN(C(=O)c2ccc(N3CCNC3=O)cc2)CC(C)O1. The van der Waals surface area contributed by atoms with Gasteiger partial charge in [0.1, 0.15) is 0 Å². The Kier molecular flexibility index (Phi) is 4.02. The number of rotatable bonds is 2. The highest BCUT2D eigenvalue weighted by Gasteiger charge is 2.27. The van der Waals surface area contributed by atoms with E-state index >= 15 is 0 Å². The Morgan fingerprint density at radius 1 is 1.18 bits per heavy atom. The van der Waals surface area contributed by atoms with Crippen LogP contribution < -0.4 is 10.2 Å². The molecule has 0 saturated carbocycles. The normalized spacial score (nSPS) is 25.3. The van der Waals surface area contributed by atoms with E-state index in [4.69, 9.17) is 4.74 Å². The Hall–Kier alpha value is -2.08. The smallest absolute Gasteiger partial charge is 0.321 e. The van der Waals surface area contributed by atoms with Crippen molar-refractivity contribution in [2.75, 3.05) is 31.1 Å². The van der Waals surface area contributed by atoms with Gasteiger partial charge in [-0.1, -0.05) is 0 Å². The third-order valence-electron chi connectivity index (χ3n) is 3.99. The van der Waals surface area contributed by atoms with Crippen molar-refractivity contribution < 1.29 is 14.3 Å². The van der Waals surface area contributed by atoms with Crippen LogP contribution in [0.25, 0.3) is 0 Å². The highest BCUT2D eigenvalue weighted by molar-refractivity contribution is 5.97. The number of carbonyl (C=O) groups is 2. The van der Waals surface area contributed by atoms with Crippen LogP contribution in [0.4, 0.5) is 10.5 Å². The summed E-state index contributed by atoms with van der Waals surface area (Å²) in [6, 6.07) is 7.13. The largest absolute Gasteiger partial charge is 0.372 e. The number of benzene rings is 1. The van der Waals surface area contributed by atoms with Crippen molar-refractivity contribution in [3.8, 4) is 0 Å². The lowest BCUT2D eigenvalue weighted by atomic mass is 10.1. The number of nitrogens with one attached hydrogen (secondary N) is 1. The van der Waals surface area contributed by atoms with E-state index < -0.39 is 0 Å². The van der Waals surface area contributed by atoms with Gasteiger partial charge >= 0.3 is 6.03 Å². The molecule has 6 heteroatoms. The summed E-state index contributed by atoms with van der Waals surface area (Å²) in [6.07, 6.45) is 0.112. The van der Waals surface area contributed by atoms with Crippen molar-refractivity contribution in [1.29, 1.82) is 0 Å². The van der Waals surface area contributed by atoms with E-state index in [-0.39, 0.29) is 24.1 Å². The zero-order valence-corrected chi connectivity index (χ0v) is 12.9. The molecule has 1 aromatic rings. The highest BCUT2D eigenvalue weighted by atomic mass is 16.5. The Morgan fingerprint density at radius 3 is 2.36 bits per heavy atom. The summed E-state index contributed by atoms with van der Waals surface area (Å²) in [4.78, 5) is 27.7. The zero-order chi connectivity index (χ0) is 15.7. The van der Waals surface area contributed by atoms with Gasteiger partial charge < -0.3 is 15.0 Å². The Labute approximate surface area is 130 Å². The van der Waals surface area contributed by atoms with E-state index in [0.717, 1.165) is 5.69 Å². The fraction of sp³-hybridized carbons (Fsp3) is 0.500. The van der Waals surface area contributed by atoms with E-state index in [9.17, 15) is 9.59 Å². The topological polar surface area (TPSA) is 61.9 Å². The molecular formula is C16H21N3O3. The van der Waals surface area contributed by atoms with Crippen LogP contribution in [-0.4, -0.2) is 55.2 Å². The highest BCUT2D eigenvalue weighted by Crippen LogP contribution is 2.19. The molecule has 0 aromatic heterocycles. The molecule has 3 rings (SSSR count). The second-order valence-corrected chi connectivity index (χ2v) is 5.90. The monoisotopic (exact) mass is 303 g/mol. The first-order valence-electron chi connectivity index (χ1n) is 7.65. The Morgan fingerprint density at radius 2 is 1.82 bits per heavy atom. The summed E-state index contributed by atoms with van der Waals surface area (Å²) in [6.45, 7) is 6.49. The zero-order valence-electron chi connectivity index (χ0n) is 12.9. The summed E-state index contributed by atoms with van der Waals surface area (Å²) in [7, 11) is 0. The van der Waals surface area contributed by atoms with E-state index in [1.54, 1.807) is 17.0 Å². The summed E-state index contributed by atoms with van der Waals surface area (Å²) in [5.74, 6) is 0.0134. The van der Waals surface area contributed by atoms with Crippen LogP contribution in [0.2, 0.25) is 0 Å². The first-order valence-corrected chi connectivity index (χ1v) is 7.65. The van der Waals surface area contributed by atoms with Crippen LogP contribution in [0.3, 0.4) is 0 Å². The number of ether oxygens (including phenoxy) is 1. The van der Waals surface area contributed by atoms with Gasteiger partial charge in [0, 0.05) is 37.4 Å². The molecule has 2 unspecified atom stereocenters. The number of hydrogen-bond acceptors (Lipinski definition) is 3. The molecule has 2 heterocycles. The third kappa shape index (κ3) is 2.92. The lowest BCUT2D eigenvalue weighted by molar-refractivity contribution is -0.0586. The average Bonchev–Trinajstić information content (AvgIpc) is 2.92. The van der Waals surface area contributed by atoms with Gasteiger partial charge in [0.15, 0.2) is 0 Å². The number of hydrogen-bond donors (Lipinski definition) is 1. The van der Waals surface area contributed by atoms with Gasteiger partial charge in [-0.25, -0.2) is 4.79 Å². The second-order valence-electron chi connectivity index (χ2n) is 5.90. The van der Waals surface area contributed by atoms with Crippen molar-refractivity contribution in [3.05, 3.63) is 29.8 Å². The third-order valence-corrected chi connectivity index (χ3v) is 3.99. The first kappa shape index (κ1) is 14.8. The second kappa shape index (κ2) is 5.96. The molecule has 22 heavy (non-hydrogen) atoms. The van der Waals surface area contributed by atoms with Crippen molar-refractivity contribution in [3.63, 3.8) is 0 Å². The standard InChI is InChI=1S/C16H21N3O3/c1-11-9-18(10-12(2)22-11)15(20)13-3-5-14(6-4-13)19-8-7-17-16(19)21/h3-6,11-12H,7-10H2,1-2H3,(H,17,21). The lowest BCUT2D eigenvalue weighted by Crippen LogP contribution is -2.48. The number of urea groups is 1. The molecule has 0 aliphatic carbocycles. The first-order chi connectivity index (χ1) is 10.5. The summed E-state index contributed by atoms with van der Waals surface area (Å²) in [5.41, 5.74) is 1.46. The molecule has 2 atom stereocenters. The molecule has 1 aromatic carbocycles. The maximum absolute atomic E-state index is 12.6. The number of morpholine rings is 1. The van der Waals surface area contributed by atoms with Crippen LogP contribution in [0.15, 0.2) is 24.3 Å². The molecule has 0 spiro atoms. The molecule has 2 saturated heterocycles. The van der Waals surface area contributed by atoms with E-state index in [1.807, 2.05) is 30.9 Å². The molecule has 2 fully saturated rings. The van der Waals surface area contributed by atoms with Crippen molar-refractivity contribution in [2.24, 2.45) is 0 Å². The number of anilines is 1. The van der Waals surface area contributed by atoms with Crippen molar-refractivity contribution in [1.82, 2.24) is 10.2 Å². The van der Waals surface area contributed by atoms with Gasteiger partial charge in [-0.15, -0.1) is 0 Å². The van der Waals surface area contributed by atoms with E-state index in [2.05, 4.69) is 5.32 Å². The quantitative estimate of drug-likeness (QED) is 0.900. The van der Waals surface area contributed by atoms with Gasteiger partial charge in [-0.3, -0.25) is 9.69 Å². The van der Waals surface area contributed by atoms with Gasteiger partial charge in [-0.2, -0.15) is 0 Å². The molecule has 6 nitrogen and oxygen atoms in total. The van der Waals surface area contributed by atoms with Gasteiger partial charge in [0.2, 0.25) is 0 Å². The number of carbonyl (C=O) groups excluding carboxylic acids is 2. The van der Waals surface area contributed by atoms with Gasteiger partial charge in [0.05, 0.1) is 12.2 Å². The van der Waals surface area contributed by atoms with Crippen LogP contribution >= 0.6 is 0 Å². The fourth-order valence-electron chi connectivity index (χ4n) is 3.03. The Balaban J connectivity index is 1.72. The average molecular weight is 303 g/mol. The van der Waals surface area contributed by atoms with Gasteiger partial charge in [0.25, 0.3) is 5.91 Å². The predicted molar refractivity (Wildman–Crippen MR) is 83.1 cm³/mol. The maximum Gasteiger partial charge on any atom is 0.321 e. The summed E-state index contributed by atoms with van der Waals surface area (Å²) >= 11 is 0. The minimum absolute atomic E-state index is 0.0134. The van der Waals surface area contributed by atoms with E-state index in [0.29, 0.717) is 31.7 Å². The van der Waals surface area contributed by atoms with Crippen LogP contribution in [-0.2, 0) is 4.74 Å². The molecule has 0 radical (unpaired) electrons. The molecule has 2 aliphatic rings. The van der Waals surface area contributed by atoms with Crippen molar-refractivity contribution in [2.45, 2.75) is 26.1 Å². The Bertz CT molecular complexity index is 563. The maximum atomic E-state index is 12.6. The predicted octanol–water partition coefficient (Wildman–Crippen LogP) is 1.47. The summed E-state index contributed by atoms with van der Waals surface area (Å²) in [5, 5.41) is 2.76. The molecule has 0 bridgehead atoms. The molecule has 3 amide bonds. The van der Waals surface area contributed by atoms with Crippen LogP contribution in [0.5, 0.6) is 0 Å².